The topological polar surface area (TPSA) is 18.5 Å². The van der Waals surface area contributed by atoms with Crippen molar-refractivity contribution in [2.75, 3.05) is 36.4 Å². The van der Waals surface area contributed by atoms with Crippen molar-refractivity contribution in [3.63, 3.8) is 0 Å². The Morgan fingerprint density at radius 1 is 0.700 bits per heavy atom. The average Bonchev–Trinajstić information content (AvgIpc) is 2.78. The lowest BCUT2D eigenvalue weighted by Crippen LogP contribution is -2.53. The van der Waals surface area contributed by atoms with Crippen LogP contribution in [0.1, 0.15) is 37.9 Å². The molecule has 1 heterocycles. The van der Waals surface area contributed by atoms with Crippen LogP contribution < -0.4 is 10.2 Å². The van der Waals surface area contributed by atoms with Crippen molar-refractivity contribution in [2.45, 2.75) is 32.4 Å². The van der Waals surface area contributed by atoms with Crippen LogP contribution in [-0.4, -0.2) is 36.6 Å². The first-order chi connectivity index (χ1) is 14.5. The van der Waals surface area contributed by atoms with E-state index >= 15 is 0 Å². The number of nitrogens with one attached hydrogen (secondary N) is 1. The van der Waals surface area contributed by atoms with Gasteiger partial charge in [0.15, 0.2) is 0 Å². The molecule has 1 fully saturated rings. The average molecular weight is 400 g/mol. The number of hydrogen-bond donors (Lipinski definition) is 1. The monoisotopic (exact) mass is 399 g/mol. The van der Waals surface area contributed by atoms with Crippen LogP contribution >= 0.6 is 0 Å². The Labute approximate surface area is 181 Å². The second-order valence-corrected chi connectivity index (χ2v) is 9.09. The standard InChI is InChI=1S/C27H33N3/c1-27(2,3)30-19-17-29(18-20-30)25-16-10-15-24(21-25)28-26(22-11-6-4-7-12-22)23-13-8-5-9-14-23/h4-16,21,26,28H,17-20H2,1-3H3. The molecule has 1 N–H and O–H groups in total. The lowest BCUT2D eigenvalue weighted by Gasteiger charge is -2.43. The Bertz CT molecular complexity index is 884. The molecule has 0 bridgehead atoms. The van der Waals surface area contributed by atoms with Gasteiger partial charge in [0, 0.05) is 43.1 Å². The van der Waals surface area contributed by atoms with Gasteiger partial charge in [-0.3, -0.25) is 4.90 Å². The molecule has 0 unspecified atom stereocenters. The number of piperazine rings is 1. The molecule has 0 aliphatic carbocycles. The van der Waals surface area contributed by atoms with E-state index in [-0.39, 0.29) is 11.6 Å². The highest BCUT2D eigenvalue weighted by molar-refractivity contribution is 5.60. The maximum Gasteiger partial charge on any atom is 0.0767 e. The highest BCUT2D eigenvalue weighted by atomic mass is 15.3. The predicted octanol–water partition coefficient (Wildman–Crippen LogP) is 5.81. The van der Waals surface area contributed by atoms with Crippen LogP contribution in [0.5, 0.6) is 0 Å². The van der Waals surface area contributed by atoms with Crippen LogP contribution in [-0.2, 0) is 0 Å². The summed E-state index contributed by atoms with van der Waals surface area (Å²) in [5.41, 5.74) is 5.24. The number of hydrogen-bond acceptors (Lipinski definition) is 3. The van der Waals surface area contributed by atoms with Crippen LogP contribution in [0.3, 0.4) is 0 Å². The van der Waals surface area contributed by atoms with E-state index in [0.29, 0.717) is 0 Å². The summed E-state index contributed by atoms with van der Waals surface area (Å²) in [4.78, 5) is 5.08. The van der Waals surface area contributed by atoms with Crippen LogP contribution in [0.25, 0.3) is 0 Å². The Hall–Kier alpha value is -2.78. The van der Waals surface area contributed by atoms with Crippen LogP contribution in [0.15, 0.2) is 84.9 Å². The first-order valence-corrected chi connectivity index (χ1v) is 11.0. The third kappa shape index (κ3) is 4.85. The summed E-state index contributed by atoms with van der Waals surface area (Å²) < 4.78 is 0. The van der Waals surface area contributed by atoms with Crippen molar-refractivity contribution in [3.05, 3.63) is 96.1 Å². The molecule has 1 aliphatic heterocycles. The minimum Gasteiger partial charge on any atom is -0.374 e. The molecule has 1 aliphatic rings. The molecular weight excluding hydrogens is 366 g/mol. The van der Waals surface area contributed by atoms with Crippen molar-refractivity contribution in [3.8, 4) is 0 Å². The molecule has 156 valence electrons. The van der Waals surface area contributed by atoms with Gasteiger partial charge in [0.2, 0.25) is 0 Å². The fourth-order valence-electron chi connectivity index (χ4n) is 4.24. The van der Waals surface area contributed by atoms with E-state index in [1.165, 1.54) is 16.8 Å². The molecule has 3 aromatic rings. The molecule has 0 spiro atoms. The zero-order valence-electron chi connectivity index (χ0n) is 18.4. The van der Waals surface area contributed by atoms with E-state index in [0.717, 1.165) is 31.9 Å². The quantitative estimate of drug-likeness (QED) is 0.584. The number of rotatable bonds is 5. The second kappa shape index (κ2) is 8.93. The van der Waals surface area contributed by atoms with Gasteiger partial charge in [0.1, 0.15) is 0 Å². The highest BCUT2D eigenvalue weighted by Crippen LogP contribution is 2.29. The van der Waals surface area contributed by atoms with Crippen LogP contribution in [0.2, 0.25) is 0 Å². The molecular formula is C27H33N3. The van der Waals surface area contributed by atoms with Crippen molar-refractivity contribution in [2.24, 2.45) is 0 Å². The van der Waals surface area contributed by atoms with Gasteiger partial charge in [-0.2, -0.15) is 0 Å². The summed E-state index contributed by atoms with van der Waals surface area (Å²) in [6.07, 6.45) is 0. The highest BCUT2D eigenvalue weighted by Gasteiger charge is 2.26. The summed E-state index contributed by atoms with van der Waals surface area (Å²) >= 11 is 0. The lowest BCUT2D eigenvalue weighted by molar-refractivity contribution is 0.128. The van der Waals surface area contributed by atoms with E-state index in [1.54, 1.807) is 0 Å². The van der Waals surface area contributed by atoms with E-state index < -0.39 is 0 Å². The Morgan fingerprint density at radius 2 is 1.27 bits per heavy atom. The van der Waals surface area contributed by atoms with E-state index in [4.69, 9.17) is 0 Å². The predicted molar refractivity (Wildman–Crippen MR) is 128 cm³/mol. The molecule has 30 heavy (non-hydrogen) atoms. The smallest absolute Gasteiger partial charge is 0.0767 e. The molecule has 0 amide bonds. The third-order valence-electron chi connectivity index (χ3n) is 6.02. The summed E-state index contributed by atoms with van der Waals surface area (Å²) in [6.45, 7) is 11.3. The summed E-state index contributed by atoms with van der Waals surface area (Å²) in [7, 11) is 0. The SMILES string of the molecule is CC(C)(C)N1CCN(c2cccc(NC(c3ccccc3)c3ccccc3)c2)CC1. The maximum atomic E-state index is 3.79. The zero-order valence-corrected chi connectivity index (χ0v) is 18.4. The third-order valence-corrected chi connectivity index (χ3v) is 6.02. The molecule has 0 saturated carbocycles. The Morgan fingerprint density at radius 3 is 1.80 bits per heavy atom. The summed E-state index contributed by atoms with van der Waals surface area (Å²) in [6, 6.07) is 30.4. The minimum absolute atomic E-state index is 0.125. The fraction of sp³-hybridized carbons (Fsp3) is 0.333. The first kappa shape index (κ1) is 20.5. The minimum atomic E-state index is 0.125. The fourth-order valence-corrected chi connectivity index (χ4v) is 4.24. The van der Waals surface area contributed by atoms with Gasteiger partial charge in [0.25, 0.3) is 0 Å². The van der Waals surface area contributed by atoms with Gasteiger partial charge in [-0.05, 0) is 50.1 Å². The molecule has 0 aromatic heterocycles. The molecule has 4 rings (SSSR count). The van der Waals surface area contributed by atoms with Gasteiger partial charge < -0.3 is 10.2 Å². The van der Waals surface area contributed by atoms with E-state index in [1.807, 2.05) is 0 Å². The van der Waals surface area contributed by atoms with Gasteiger partial charge >= 0.3 is 0 Å². The van der Waals surface area contributed by atoms with Crippen molar-refractivity contribution in [1.82, 2.24) is 4.90 Å². The summed E-state index contributed by atoms with van der Waals surface area (Å²) in [5.74, 6) is 0. The van der Waals surface area contributed by atoms with Crippen molar-refractivity contribution < 1.29 is 0 Å². The number of anilines is 2. The Kier molecular flexibility index (Phi) is 6.10. The number of nitrogens with zero attached hydrogens (tertiary/aromatic N) is 2. The molecule has 0 atom stereocenters. The zero-order chi connectivity index (χ0) is 21.0. The number of benzene rings is 3. The first-order valence-electron chi connectivity index (χ1n) is 11.0. The van der Waals surface area contributed by atoms with Crippen LogP contribution in [0, 0.1) is 0 Å². The van der Waals surface area contributed by atoms with Crippen molar-refractivity contribution >= 4 is 11.4 Å². The van der Waals surface area contributed by atoms with E-state index in [9.17, 15) is 0 Å². The summed E-state index contributed by atoms with van der Waals surface area (Å²) in [5, 5.41) is 3.79. The maximum absolute atomic E-state index is 3.79. The molecule has 1 saturated heterocycles. The molecule has 3 nitrogen and oxygen atoms in total. The van der Waals surface area contributed by atoms with Crippen molar-refractivity contribution in [1.29, 1.82) is 0 Å². The normalized spacial score (nSPS) is 15.4. The van der Waals surface area contributed by atoms with Gasteiger partial charge in [-0.25, -0.2) is 0 Å². The Balaban J connectivity index is 1.53. The molecule has 0 radical (unpaired) electrons. The molecule has 3 heteroatoms. The van der Waals surface area contributed by atoms with Gasteiger partial charge in [-0.1, -0.05) is 66.7 Å². The van der Waals surface area contributed by atoms with Gasteiger partial charge in [0.05, 0.1) is 6.04 Å². The lowest BCUT2D eigenvalue weighted by atomic mass is 9.98. The second-order valence-electron chi connectivity index (χ2n) is 9.09. The van der Waals surface area contributed by atoms with Gasteiger partial charge in [-0.15, -0.1) is 0 Å². The van der Waals surface area contributed by atoms with E-state index in [2.05, 4.69) is 121 Å². The van der Waals surface area contributed by atoms with Crippen LogP contribution in [0.4, 0.5) is 11.4 Å². The largest absolute Gasteiger partial charge is 0.374 e. The molecule has 3 aromatic carbocycles.